The molecule has 5 heteroatoms. The van der Waals surface area contributed by atoms with Crippen LogP contribution in [0.4, 0.5) is 0 Å². The number of methoxy groups -OCH3 is 1. The van der Waals surface area contributed by atoms with Crippen LogP contribution in [0.25, 0.3) is 0 Å². The second kappa shape index (κ2) is 6.49. The zero-order chi connectivity index (χ0) is 13.7. The van der Waals surface area contributed by atoms with E-state index in [1.807, 2.05) is 0 Å². The molecule has 100 valence electrons. The SMILES string of the molecule is COC(=O)CC(O)C(O)c1cccc(CO)c1C. The van der Waals surface area contributed by atoms with Crippen LogP contribution < -0.4 is 0 Å². The zero-order valence-electron chi connectivity index (χ0n) is 10.5. The van der Waals surface area contributed by atoms with E-state index in [0.29, 0.717) is 16.7 Å². The van der Waals surface area contributed by atoms with Gasteiger partial charge in [-0.05, 0) is 23.6 Å². The molecule has 0 saturated carbocycles. The summed E-state index contributed by atoms with van der Waals surface area (Å²) in [5, 5.41) is 28.9. The molecule has 0 spiro atoms. The van der Waals surface area contributed by atoms with Gasteiger partial charge in [-0.2, -0.15) is 0 Å². The van der Waals surface area contributed by atoms with E-state index in [0.717, 1.165) is 0 Å². The molecule has 0 aromatic heterocycles. The highest BCUT2D eigenvalue weighted by Gasteiger charge is 2.23. The van der Waals surface area contributed by atoms with Crippen molar-refractivity contribution in [2.24, 2.45) is 0 Å². The van der Waals surface area contributed by atoms with Gasteiger partial charge in [-0.3, -0.25) is 4.79 Å². The van der Waals surface area contributed by atoms with E-state index < -0.39 is 18.2 Å². The van der Waals surface area contributed by atoms with Gasteiger partial charge in [0, 0.05) is 0 Å². The molecule has 18 heavy (non-hydrogen) atoms. The van der Waals surface area contributed by atoms with E-state index in [4.69, 9.17) is 5.11 Å². The molecule has 1 rings (SSSR count). The summed E-state index contributed by atoms with van der Waals surface area (Å²) in [5.74, 6) is -0.586. The number of esters is 1. The molecule has 0 saturated heterocycles. The van der Waals surface area contributed by atoms with Crippen LogP contribution in [0.5, 0.6) is 0 Å². The molecule has 1 aromatic carbocycles. The maximum Gasteiger partial charge on any atom is 0.308 e. The van der Waals surface area contributed by atoms with Crippen molar-refractivity contribution in [3.8, 4) is 0 Å². The average Bonchev–Trinajstić information content (AvgIpc) is 2.38. The number of aliphatic hydroxyl groups excluding tert-OH is 3. The lowest BCUT2D eigenvalue weighted by atomic mass is 9.95. The quantitative estimate of drug-likeness (QED) is 0.664. The van der Waals surface area contributed by atoms with E-state index in [1.165, 1.54) is 7.11 Å². The molecule has 2 unspecified atom stereocenters. The maximum absolute atomic E-state index is 11.0. The second-order valence-electron chi connectivity index (χ2n) is 4.08. The smallest absolute Gasteiger partial charge is 0.308 e. The predicted octanol–water partition coefficient (Wildman–Crippen LogP) is 0.445. The van der Waals surface area contributed by atoms with Crippen molar-refractivity contribution >= 4 is 5.97 Å². The van der Waals surface area contributed by atoms with Gasteiger partial charge in [0.25, 0.3) is 0 Å². The molecule has 0 bridgehead atoms. The Bertz CT molecular complexity index is 416. The molecule has 3 N–H and O–H groups in total. The van der Waals surface area contributed by atoms with E-state index in [-0.39, 0.29) is 13.0 Å². The average molecular weight is 254 g/mol. The van der Waals surface area contributed by atoms with Crippen LogP contribution in [-0.2, 0) is 16.1 Å². The molecular formula is C13H18O5. The van der Waals surface area contributed by atoms with Crippen molar-refractivity contribution in [1.82, 2.24) is 0 Å². The van der Waals surface area contributed by atoms with Crippen LogP contribution in [0.2, 0.25) is 0 Å². The van der Waals surface area contributed by atoms with Gasteiger partial charge in [0.15, 0.2) is 0 Å². The van der Waals surface area contributed by atoms with Crippen LogP contribution in [0.3, 0.4) is 0 Å². The van der Waals surface area contributed by atoms with Crippen LogP contribution in [0.1, 0.15) is 29.2 Å². The Hall–Kier alpha value is -1.43. The van der Waals surface area contributed by atoms with Crippen LogP contribution in [-0.4, -0.2) is 34.5 Å². The van der Waals surface area contributed by atoms with E-state index in [9.17, 15) is 15.0 Å². The van der Waals surface area contributed by atoms with Crippen molar-refractivity contribution in [1.29, 1.82) is 0 Å². The number of hydrogen-bond acceptors (Lipinski definition) is 5. The second-order valence-corrected chi connectivity index (χ2v) is 4.08. The van der Waals surface area contributed by atoms with E-state index >= 15 is 0 Å². The van der Waals surface area contributed by atoms with Crippen molar-refractivity contribution < 1.29 is 24.9 Å². The molecule has 1 aromatic rings. The fourth-order valence-electron chi connectivity index (χ4n) is 1.77. The third-order valence-electron chi connectivity index (χ3n) is 2.94. The third-order valence-corrected chi connectivity index (χ3v) is 2.94. The summed E-state index contributed by atoms with van der Waals surface area (Å²) >= 11 is 0. The number of benzene rings is 1. The molecule has 0 aliphatic carbocycles. The molecule has 0 amide bonds. The summed E-state index contributed by atoms with van der Waals surface area (Å²) in [5.41, 5.74) is 1.88. The van der Waals surface area contributed by atoms with Crippen LogP contribution >= 0.6 is 0 Å². The van der Waals surface area contributed by atoms with Gasteiger partial charge >= 0.3 is 5.97 Å². The fourth-order valence-corrected chi connectivity index (χ4v) is 1.77. The first-order chi connectivity index (χ1) is 8.51. The molecular weight excluding hydrogens is 236 g/mol. The highest BCUT2D eigenvalue weighted by Crippen LogP contribution is 2.24. The normalized spacial score (nSPS) is 14.1. The molecule has 0 aliphatic rings. The summed E-state index contributed by atoms with van der Waals surface area (Å²) in [6, 6.07) is 5.07. The molecule has 5 nitrogen and oxygen atoms in total. The molecule has 0 aliphatic heterocycles. The Morgan fingerprint density at radius 2 is 2.06 bits per heavy atom. The van der Waals surface area contributed by atoms with Crippen molar-refractivity contribution in [3.63, 3.8) is 0 Å². The third kappa shape index (κ3) is 3.29. The Morgan fingerprint density at radius 3 is 2.61 bits per heavy atom. The maximum atomic E-state index is 11.0. The van der Waals surface area contributed by atoms with Gasteiger partial charge in [0.2, 0.25) is 0 Å². The Kier molecular flexibility index (Phi) is 5.27. The molecule has 0 fully saturated rings. The van der Waals surface area contributed by atoms with Gasteiger partial charge in [-0.15, -0.1) is 0 Å². The lowest BCUT2D eigenvalue weighted by molar-refractivity contribution is -0.144. The Morgan fingerprint density at radius 1 is 1.39 bits per heavy atom. The first kappa shape index (κ1) is 14.6. The van der Waals surface area contributed by atoms with Gasteiger partial charge in [0.05, 0.1) is 26.2 Å². The summed E-state index contributed by atoms with van der Waals surface area (Å²) in [4.78, 5) is 11.0. The molecule has 2 atom stereocenters. The summed E-state index contributed by atoms with van der Waals surface area (Å²) in [6.45, 7) is 1.61. The lowest BCUT2D eigenvalue weighted by Gasteiger charge is -2.20. The largest absolute Gasteiger partial charge is 0.469 e. The van der Waals surface area contributed by atoms with Gasteiger partial charge in [-0.25, -0.2) is 0 Å². The van der Waals surface area contributed by atoms with E-state index in [2.05, 4.69) is 4.74 Å². The number of carbonyl (C=O) groups is 1. The number of hydrogen-bond donors (Lipinski definition) is 3. The minimum absolute atomic E-state index is 0.139. The summed E-state index contributed by atoms with van der Waals surface area (Å²) in [6.07, 6.45) is -2.69. The topological polar surface area (TPSA) is 87.0 Å². The van der Waals surface area contributed by atoms with Crippen molar-refractivity contribution in [3.05, 3.63) is 34.9 Å². The number of carbonyl (C=O) groups excluding carboxylic acids is 1. The minimum Gasteiger partial charge on any atom is -0.469 e. The highest BCUT2D eigenvalue weighted by atomic mass is 16.5. The van der Waals surface area contributed by atoms with Crippen molar-refractivity contribution in [2.75, 3.05) is 7.11 Å². The van der Waals surface area contributed by atoms with Crippen LogP contribution in [0, 0.1) is 6.92 Å². The summed E-state index contributed by atoms with van der Waals surface area (Å²) < 4.78 is 4.43. The minimum atomic E-state index is -1.23. The van der Waals surface area contributed by atoms with Crippen molar-refractivity contribution in [2.45, 2.75) is 32.2 Å². The number of rotatable bonds is 5. The Balaban J connectivity index is 2.89. The van der Waals surface area contributed by atoms with Gasteiger partial charge in [0.1, 0.15) is 6.10 Å². The first-order valence-corrected chi connectivity index (χ1v) is 5.63. The van der Waals surface area contributed by atoms with Gasteiger partial charge < -0.3 is 20.1 Å². The van der Waals surface area contributed by atoms with Crippen LogP contribution in [0.15, 0.2) is 18.2 Å². The molecule has 0 heterocycles. The first-order valence-electron chi connectivity index (χ1n) is 5.63. The zero-order valence-corrected chi connectivity index (χ0v) is 10.5. The summed E-state index contributed by atoms with van der Waals surface area (Å²) in [7, 11) is 1.22. The Labute approximate surface area is 106 Å². The highest BCUT2D eigenvalue weighted by molar-refractivity contribution is 5.69. The number of aliphatic hydroxyl groups is 3. The molecule has 0 radical (unpaired) electrons. The monoisotopic (exact) mass is 254 g/mol. The fraction of sp³-hybridized carbons (Fsp3) is 0.462. The lowest BCUT2D eigenvalue weighted by Crippen LogP contribution is -2.23. The number of ether oxygens (including phenoxy) is 1. The predicted molar refractivity (Wildman–Crippen MR) is 64.7 cm³/mol. The van der Waals surface area contributed by atoms with Gasteiger partial charge in [-0.1, -0.05) is 18.2 Å². The standard InChI is InChI=1S/C13H18O5/c1-8-9(7-14)4-3-5-10(8)13(17)11(15)6-12(16)18-2/h3-5,11,13-15,17H,6-7H2,1-2H3. The van der Waals surface area contributed by atoms with E-state index in [1.54, 1.807) is 25.1 Å².